The lowest BCUT2D eigenvalue weighted by atomic mass is 10.2. The Labute approximate surface area is 107 Å². The molecule has 1 heterocycles. The van der Waals surface area contributed by atoms with Crippen molar-refractivity contribution >= 4 is 39.3 Å². The number of fused-ring (bicyclic) bond motifs is 1. The first-order valence-electron chi connectivity index (χ1n) is 4.51. The number of nitro groups is 1. The lowest BCUT2D eigenvalue weighted by Crippen LogP contribution is -2.29. The van der Waals surface area contributed by atoms with Gasteiger partial charge in [0.15, 0.2) is 0 Å². The SMILES string of the molecule is Cc1cc2[nH]c(=O)c(=O)[nH]c2c([N+](=O)[O-])c1I. The van der Waals surface area contributed by atoms with Crippen LogP contribution in [0.3, 0.4) is 0 Å². The Hall–Kier alpha value is -1.71. The van der Waals surface area contributed by atoms with Gasteiger partial charge in [0.2, 0.25) is 0 Å². The Kier molecular flexibility index (Phi) is 2.73. The second kappa shape index (κ2) is 3.95. The Morgan fingerprint density at radius 3 is 2.47 bits per heavy atom. The average Bonchev–Trinajstić information content (AvgIpc) is 2.23. The summed E-state index contributed by atoms with van der Waals surface area (Å²) in [6.07, 6.45) is 0. The van der Waals surface area contributed by atoms with Crippen molar-refractivity contribution in [2.45, 2.75) is 6.92 Å². The van der Waals surface area contributed by atoms with E-state index >= 15 is 0 Å². The molecule has 0 radical (unpaired) electrons. The molecule has 0 fully saturated rings. The Balaban J connectivity index is 3.09. The molecule has 0 saturated carbocycles. The van der Waals surface area contributed by atoms with Gasteiger partial charge in [0.05, 0.1) is 14.0 Å². The number of halogens is 1. The van der Waals surface area contributed by atoms with E-state index in [0.717, 1.165) is 0 Å². The van der Waals surface area contributed by atoms with Crippen LogP contribution in [-0.4, -0.2) is 14.9 Å². The fourth-order valence-electron chi connectivity index (χ4n) is 1.52. The summed E-state index contributed by atoms with van der Waals surface area (Å²) >= 11 is 1.83. The zero-order chi connectivity index (χ0) is 12.7. The molecule has 0 unspecified atom stereocenters. The summed E-state index contributed by atoms with van der Waals surface area (Å²) < 4.78 is 0.433. The molecule has 1 aromatic carbocycles. The smallest absolute Gasteiger partial charge is 0.314 e. The van der Waals surface area contributed by atoms with Gasteiger partial charge >= 0.3 is 16.8 Å². The normalized spacial score (nSPS) is 10.7. The summed E-state index contributed by atoms with van der Waals surface area (Å²) in [6, 6.07) is 1.58. The van der Waals surface area contributed by atoms with Crippen LogP contribution >= 0.6 is 22.6 Å². The quantitative estimate of drug-likeness (QED) is 0.348. The van der Waals surface area contributed by atoms with Gasteiger partial charge in [-0.2, -0.15) is 0 Å². The highest BCUT2D eigenvalue weighted by Gasteiger charge is 2.20. The van der Waals surface area contributed by atoms with Crippen molar-refractivity contribution in [1.29, 1.82) is 0 Å². The number of benzene rings is 1. The van der Waals surface area contributed by atoms with Gasteiger partial charge in [-0.1, -0.05) is 0 Å². The monoisotopic (exact) mass is 347 g/mol. The molecule has 0 spiro atoms. The van der Waals surface area contributed by atoms with Crippen LogP contribution in [0.2, 0.25) is 0 Å². The second-order valence-corrected chi connectivity index (χ2v) is 4.52. The molecule has 1 aromatic heterocycles. The molecule has 0 saturated heterocycles. The van der Waals surface area contributed by atoms with Gasteiger partial charge in [-0.05, 0) is 41.1 Å². The van der Waals surface area contributed by atoms with E-state index < -0.39 is 16.0 Å². The maximum absolute atomic E-state index is 11.2. The van der Waals surface area contributed by atoms with Crippen molar-refractivity contribution in [3.63, 3.8) is 0 Å². The van der Waals surface area contributed by atoms with Gasteiger partial charge in [0, 0.05) is 0 Å². The third-order valence-corrected chi connectivity index (χ3v) is 3.66. The standard InChI is InChI=1S/C9H6IN3O4/c1-3-2-4-6(7(5(3)10)13(16)17)12-9(15)8(14)11-4/h2H,1H3,(H,11,14)(H,12,15). The van der Waals surface area contributed by atoms with E-state index in [-0.39, 0.29) is 16.7 Å². The van der Waals surface area contributed by atoms with Crippen LogP contribution in [0.1, 0.15) is 5.56 Å². The molecule has 8 heteroatoms. The molecule has 7 nitrogen and oxygen atoms in total. The summed E-state index contributed by atoms with van der Waals surface area (Å²) in [5.74, 6) is 0. The molecular formula is C9H6IN3O4. The van der Waals surface area contributed by atoms with Crippen molar-refractivity contribution in [3.8, 4) is 0 Å². The van der Waals surface area contributed by atoms with Gasteiger partial charge in [-0.25, -0.2) is 0 Å². The van der Waals surface area contributed by atoms with Crippen LogP contribution < -0.4 is 11.1 Å². The molecule has 0 aliphatic heterocycles. The zero-order valence-electron chi connectivity index (χ0n) is 8.54. The number of nitro benzene ring substituents is 1. The predicted octanol–water partition coefficient (Wildman–Crippen LogP) is 1.04. The summed E-state index contributed by atoms with van der Waals surface area (Å²) in [5, 5.41) is 11.0. The van der Waals surface area contributed by atoms with Gasteiger partial charge in [-0.15, -0.1) is 0 Å². The zero-order valence-corrected chi connectivity index (χ0v) is 10.7. The van der Waals surface area contributed by atoms with Crippen LogP contribution in [0, 0.1) is 20.6 Å². The van der Waals surface area contributed by atoms with Crippen LogP contribution in [0.25, 0.3) is 11.0 Å². The maximum Gasteiger partial charge on any atom is 0.314 e. The molecular weight excluding hydrogens is 341 g/mol. The van der Waals surface area contributed by atoms with E-state index in [1.165, 1.54) is 0 Å². The van der Waals surface area contributed by atoms with E-state index in [0.29, 0.717) is 9.13 Å². The molecule has 88 valence electrons. The van der Waals surface area contributed by atoms with Gasteiger partial charge < -0.3 is 9.97 Å². The van der Waals surface area contributed by atoms with E-state index in [4.69, 9.17) is 0 Å². The van der Waals surface area contributed by atoms with Crippen molar-refractivity contribution in [1.82, 2.24) is 9.97 Å². The van der Waals surface area contributed by atoms with Gasteiger partial charge in [0.1, 0.15) is 5.52 Å². The number of H-pyrrole nitrogens is 2. The highest BCUT2D eigenvalue weighted by Crippen LogP contribution is 2.30. The number of hydrogen-bond donors (Lipinski definition) is 2. The molecule has 2 aromatic rings. The van der Waals surface area contributed by atoms with Crippen LogP contribution in [0.5, 0.6) is 0 Å². The first-order valence-corrected chi connectivity index (χ1v) is 5.59. The van der Waals surface area contributed by atoms with Crippen molar-refractivity contribution in [3.05, 3.63) is 46.0 Å². The number of aryl methyl sites for hydroxylation is 1. The topological polar surface area (TPSA) is 109 Å². The van der Waals surface area contributed by atoms with Crippen LogP contribution in [0.15, 0.2) is 15.7 Å². The molecule has 0 aliphatic carbocycles. The molecule has 0 bridgehead atoms. The first kappa shape index (κ1) is 11.8. The summed E-state index contributed by atoms with van der Waals surface area (Å²) in [5.41, 5.74) is -0.983. The third kappa shape index (κ3) is 1.84. The van der Waals surface area contributed by atoms with Gasteiger partial charge in [0.25, 0.3) is 0 Å². The van der Waals surface area contributed by atoms with Crippen molar-refractivity contribution < 1.29 is 4.92 Å². The number of aromatic amines is 2. The number of nitrogens with one attached hydrogen (secondary N) is 2. The first-order chi connectivity index (χ1) is 7.91. The molecule has 2 N–H and O–H groups in total. The minimum atomic E-state index is -0.903. The Morgan fingerprint density at radius 2 is 1.88 bits per heavy atom. The van der Waals surface area contributed by atoms with E-state index in [1.54, 1.807) is 13.0 Å². The molecule has 0 aliphatic rings. The predicted molar refractivity (Wildman–Crippen MR) is 69.3 cm³/mol. The average molecular weight is 347 g/mol. The minimum Gasteiger partial charge on any atom is -0.316 e. The van der Waals surface area contributed by atoms with Crippen LogP contribution in [-0.2, 0) is 0 Å². The third-order valence-electron chi connectivity index (χ3n) is 2.30. The fraction of sp³-hybridized carbons (Fsp3) is 0.111. The number of nitrogens with zero attached hydrogens (tertiary/aromatic N) is 1. The Bertz CT molecular complexity index is 746. The molecule has 2 rings (SSSR count). The Morgan fingerprint density at radius 1 is 1.29 bits per heavy atom. The largest absolute Gasteiger partial charge is 0.316 e. The summed E-state index contributed by atoms with van der Waals surface area (Å²) in [6.45, 7) is 1.69. The fourth-order valence-corrected chi connectivity index (χ4v) is 2.14. The molecule has 17 heavy (non-hydrogen) atoms. The number of rotatable bonds is 1. The number of aromatic nitrogens is 2. The highest BCUT2D eigenvalue weighted by molar-refractivity contribution is 14.1. The van der Waals surface area contributed by atoms with Crippen molar-refractivity contribution in [2.24, 2.45) is 0 Å². The molecule has 0 amide bonds. The van der Waals surface area contributed by atoms with E-state index in [2.05, 4.69) is 9.97 Å². The lowest BCUT2D eigenvalue weighted by molar-refractivity contribution is -0.384. The number of hydrogen-bond acceptors (Lipinski definition) is 4. The van der Waals surface area contributed by atoms with E-state index in [9.17, 15) is 19.7 Å². The maximum atomic E-state index is 11.2. The van der Waals surface area contributed by atoms with Gasteiger partial charge in [-0.3, -0.25) is 19.7 Å². The molecule has 0 atom stereocenters. The summed E-state index contributed by atoms with van der Waals surface area (Å²) in [4.78, 5) is 37.3. The van der Waals surface area contributed by atoms with E-state index in [1.807, 2.05) is 22.6 Å². The highest BCUT2D eigenvalue weighted by atomic mass is 127. The van der Waals surface area contributed by atoms with Crippen LogP contribution in [0.4, 0.5) is 5.69 Å². The van der Waals surface area contributed by atoms with Crippen molar-refractivity contribution in [2.75, 3.05) is 0 Å². The lowest BCUT2D eigenvalue weighted by Gasteiger charge is -2.04. The minimum absolute atomic E-state index is 0.0367. The summed E-state index contributed by atoms with van der Waals surface area (Å²) in [7, 11) is 0. The second-order valence-electron chi connectivity index (χ2n) is 3.44.